The number of aromatic nitrogens is 3. The van der Waals surface area contributed by atoms with Gasteiger partial charge in [0.05, 0.1) is 10.0 Å². The molecule has 0 aliphatic carbocycles. The van der Waals surface area contributed by atoms with E-state index < -0.39 is 0 Å². The lowest BCUT2D eigenvalue weighted by Gasteiger charge is -2.30. The number of nitrogens with one attached hydrogen (secondary N) is 1. The van der Waals surface area contributed by atoms with E-state index in [1.54, 1.807) is 18.2 Å². The summed E-state index contributed by atoms with van der Waals surface area (Å²) < 4.78 is 14.5. The van der Waals surface area contributed by atoms with Gasteiger partial charge in [-0.15, -0.1) is 5.10 Å². The second kappa shape index (κ2) is 6.11. The highest BCUT2D eigenvalue weighted by Gasteiger charge is 2.21. The molecule has 0 spiro atoms. The Balaban J connectivity index is 1.79. The van der Waals surface area contributed by atoms with Crippen molar-refractivity contribution >= 4 is 21.9 Å². The maximum absolute atomic E-state index is 14.1. The molecule has 21 heavy (non-hydrogen) atoms. The third-order valence-electron chi connectivity index (χ3n) is 3.91. The largest absolute Gasteiger partial charge is 0.340 e. The summed E-state index contributed by atoms with van der Waals surface area (Å²) in [6.07, 6.45) is 2.09. The first-order chi connectivity index (χ1) is 10.2. The number of nitrogens with zero attached hydrogens (tertiary/aromatic N) is 3. The Morgan fingerprint density at radius 1 is 1.38 bits per heavy atom. The molecule has 0 radical (unpaired) electrons. The van der Waals surface area contributed by atoms with Gasteiger partial charge in [-0.2, -0.15) is 4.98 Å². The summed E-state index contributed by atoms with van der Waals surface area (Å²) in [5.74, 6) is 1.33. The van der Waals surface area contributed by atoms with Gasteiger partial charge < -0.3 is 10.6 Å². The molecule has 1 aromatic heterocycles. The van der Waals surface area contributed by atoms with Crippen molar-refractivity contribution in [3.8, 4) is 11.4 Å². The molecule has 1 fully saturated rings. The van der Waals surface area contributed by atoms with Crippen LogP contribution in [0.1, 0.15) is 12.8 Å². The number of piperidine rings is 1. The number of halogens is 2. The summed E-state index contributed by atoms with van der Waals surface area (Å²) in [5, 5.41) is 7.04. The zero-order chi connectivity index (χ0) is 14.8. The predicted octanol–water partition coefficient (Wildman–Crippen LogP) is 2.55. The van der Waals surface area contributed by atoms with E-state index in [2.05, 4.69) is 36.0 Å². The Morgan fingerprint density at radius 3 is 2.86 bits per heavy atom. The van der Waals surface area contributed by atoms with Crippen LogP contribution in [0, 0.1) is 11.7 Å². The minimum atomic E-state index is -0.331. The van der Waals surface area contributed by atoms with Crippen LogP contribution in [0.3, 0.4) is 0 Å². The van der Waals surface area contributed by atoms with E-state index >= 15 is 0 Å². The van der Waals surface area contributed by atoms with E-state index in [4.69, 9.17) is 5.73 Å². The van der Waals surface area contributed by atoms with Crippen LogP contribution in [0.4, 0.5) is 10.3 Å². The first-order valence-electron chi connectivity index (χ1n) is 7.01. The molecule has 1 aliphatic heterocycles. The fraction of sp³-hybridized carbons (Fsp3) is 0.429. The van der Waals surface area contributed by atoms with Crippen molar-refractivity contribution in [2.75, 3.05) is 24.5 Å². The lowest BCUT2D eigenvalue weighted by molar-refractivity contribution is 0.411. The van der Waals surface area contributed by atoms with Crippen molar-refractivity contribution in [2.24, 2.45) is 11.7 Å². The molecular formula is C14H17BrFN5. The smallest absolute Gasteiger partial charge is 0.245 e. The van der Waals surface area contributed by atoms with Crippen molar-refractivity contribution in [1.82, 2.24) is 15.2 Å². The molecule has 112 valence electrons. The Morgan fingerprint density at radius 2 is 2.14 bits per heavy atom. The highest BCUT2D eigenvalue weighted by atomic mass is 79.9. The summed E-state index contributed by atoms with van der Waals surface area (Å²) in [6, 6.07) is 5.12. The third kappa shape index (κ3) is 2.94. The zero-order valence-electron chi connectivity index (χ0n) is 11.5. The normalized spacial score (nSPS) is 16.4. The summed E-state index contributed by atoms with van der Waals surface area (Å²) in [6.45, 7) is 2.51. The molecule has 3 N–H and O–H groups in total. The third-order valence-corrected chi connectivity index (χ3v) is 4.52. The first kappa shape index (κ1) is 14.5. The average Bonchev–Trinajstić information content (AvgIpc) is 3.00. The number of H-pyrrole nitrogens is 1. The standard InChI is InChI=1S/C14H17BrFN5/c15-11-3-1-2-10(12(11)16)13-18-14(20-19-13)21-6-4-9(8-17)5-7-21/h1-3,9H,4-8,17H2,(H,18,19,20). The molecule has 0 amide bonds. The Kier molecular flexibility index (Phi) is 4.21. The summed E-state index contributed by atoms with van der Waals surface area (Å²) in [7, 11) is 0. The van der Waals surface area contributed by atoms with Gasteiger partial charge in [0.1, 0.15) is 5.82 Å². The van der Waals surface area contributed by atoms with Crippen LogP contribution in [-0.2, 0) is 0 Å². The number of nitrogens with two attached hydrogens (primary N) is 1. The fourth-order valence-corrected chi connectivity index (χ4v) is 2.94. The minimum Gasteiger partial charge on any atom is -0.340 e. The van der Waals surface area contributed by atoms with Crippen LogP contribution >= 0.6 is 15.9 Å². The van der Waals surface area contributed by atoms with E-state index in [1.807, 2.05) is 0 Å². The Hall–Kier alpha value is -1.47. The minimum absolute atomic E-state index is 0.331. The van der Waals surface area contributed by atoms with E-state index in [-0.39, 0.29) is 5.82 Å². The molecule has 1 aliphatic rings. The van der Waals surface area contributed by atoms with Crippen LogP contribution in [0.2, 0.25) is 0 Å². The van der Waals surface area contributed by atoms with Gasteiger partial charge in [-0.1, -0.05) is 6.07 Å². The molecule has 2 heterocycles. The van der Waals surface area contributed by atoms with Crippen LogP contribution in [0.5, 0.6) is 0 Å². The molecule has 0 unspecified atom stereocenters. The summed E-state index contributed by atoms with van der Waals surface area (Å²) in [5.41, 5.74) is 6.11. The van der Waals surface area contributed by atoms with Crippen molar-refractivity contribution in [3.63, 3.8) is 0 Å². The average molecular weight is 354 g/mol. The lowest BCUT2D eigenvalue weighted by Crippen LogP contribution is -2.36. The number of benzene rings is 1. The van der Waals surface area contributed by atoms with Gasteiger partial charge in [0.25, 0.3) is 0 Å². The van der Waals surface area contributed by atoms with Gasteiger partial charge in [-0.25, -0.2) is 4.39 Å². The monoisotopic (exact) mass is 353 g/mol. The van der Waals surface area contributed by atoms with Crippen LogP contribution in [0.15, 0.2) is 22.7 Å². The Bertz CT molecular complexity index is 622. The van der Waals surface area contributed by atoms with Gasteiger partial charge in [-0.3, -0.25) is 5.10 Å². The number of rotatable bonds is 3. The quantitative estimate of drug-likeness (QED) is 0.889. The van der Waals surface area contributed by atoms with Crippen LogP contribution in [0.25, 0.3) is 11.4 Å². The maximum Gasteiger partial charge on any atom is 0.245 e. The summed E-state index contributed by atoms with van der Waals surface area (Å²) >= 11 is 3.18. The maximum atomic E-state index is 14.1. The fourth-order valence-electron chi connectivity index (χ4n) is 2.57. The van der Waals surface area contributed by atoms with Gasteiger partial charge in [0, 0.05) is 13.1 Å². The van der Waals surface area contributed by atoms with Crippen LogP contribution in [-0.4, -0.2) is 34.8 Å². The number of aromatic amines is 1. The second-order valence-electron chi connectivity index (χ2n) is 5.25. The van der Waals surface area contributed by atoms with Crippen molar-refractivity contribution in [1.29, 1.82) is 0 Å². The van der Waals surface area contributed by atoms with E-state index in [1.165, 1.54) is 0 Å². The molecule has 1 aromatic carbocycles. The van der Waals surface area contributed by atoms with Gasteiger partial charge in [0.2, 0.25) is 5.95 Å². The molecule has 0 saturated carbocycles. The van der Waals surface area contributed by atoms with Gasteiger partial charge >= 0.3 is 0 Å². The number of hydrogen-bond donors (Lipinski definition) is 2. The number of hydrogen-bond acceptors (Lipinski definition) is 4. The predicted molar refractivity (Wildman–Crippen MR) is 83.5 cm³/mol. The highest BCUT2D eigenvalue weighted by Crippen LogP contribution is 2.27. The molecule has 0 atom stereocenters. The highest BCUT2D eigenvalue weighted by molar-refractivity contribution is 9.10. The zero-order valence-corrected chi connectivity index (χ0v) is 13.1. The first-order valence-corrected chi connectivity index (χ1v) is 7.80. The van der Waals surface area contributed by atoms with Crippen molar-refractivity contribution < 1.29 is 4.39 Å². The second-order valence-corrected chi connectivity index (χ2v) is 6.11. The topological polar surface area (TPSA) is 70.8 Å². The van der Waals surface area contributed by atoms with E-state index in [0.29, 0.717) is 27.7 Å². The molecule has 0 bridgehead atoms. The molecule has 1 saturated heterocycles. The van der Waals surface area contributed by atoms with E-state index in [0.717, 1.165) is 32.5 Å². The van der Waals surface area contributed by atoms with Crippen molar-refractivity contribution in [2.45, 2.75) is 12.8 Å². The lowest BCUT2D eigenvalue weighted by atomic mass is 9.97. The Labute approximate surface area is 130 Å². The van der Waals surface area contributed by atoms with Crippen molar-refractivity contribution in [3.05, 3.63) is 28.5 Å². The molecular weight excluding hydrogens is 337 g/mol. The van der Waals surface area contributed by atoms with Gasteiger partial charge in [0.15, 0.2) is 5.82 Å². The summed E-state index contributed by atoms with van der Waals surface area (Å²) in [4.78, 5) is 6.54. The van der Waals surface area contributed by atoms with Crippen LogP contribution < -0.4 is 10.6 Å². The number of anilines is 1. The molecule has 2 aromatic rings. The SMILES string of the molecule is NCC1CCN(c2n[nH]c(-c3cccc(Br)c3F)n2)CC1. The molecule has 3 rings (SSSR count). The molecule has 7 heteroatoms. The molecule has 5 nitrogen and oxygen atoms in total. The van der Waals surface area contributed by atoms with Gasteiger partial charge in [-0.05, 0) is 53.4 Å². The van der Waals surface area contributed by atoms with E-state index in [9.17, 15) is 4.39 Å².